The first kappa shape index (κ1) is 16.6. The predicted octanol–water partition coefficient (Wildman–Crippen LogP) is 3.69. The number of anilines is 1. The van der Waals surface area contributed by atoms with E-state index in [-0.39, 0.29) is 10.8 Å². The van der Waals surface area contributed by atoms with Crippen LogP contribution in [0.2, 0.25) is 0 Å². The van der Waals surface area contributed by atoms with E-state index in [2.05, 4.69) is 19.7 Å². The van der Waals surface area contributed by atoms with E-state index < -0.39 is 15.8 Å². The van der Waals surface area contributed by atoms with E-state index in [0.29, 0.717) is 16.5 Å². The molecule has 0 aliphatic carbocycles. The van der Waals surface area contributed by atoms with Gasteiger partial charge in [-0.3, -0.25) is 4.98 Å². The molecule has 0 aliphatic rings. The van der Waals surface area contributed by atoms with Gasteiger partial charge < -0.3 is 0 Å². The summed E-state index contributed by atoms with van der Waals surface area (Å²) in [6.45, 7) is 0. The lowest BCUT2D eigenvalue weighted by molar-refractivity contribution is 0.602. The molecule has 0 unspecified atom stereocenters. The standard InChI is InChI=1S/C17H11FN4O2S2/c18-13-5-11(6-19-9-13)12-7-20-17(21-8-12)22-26(23,24)16-10-25-15-4-2-1-3-14(15)16/h1-10H,(H,20,21,22). The molecule has 4 aromatic rings. The smallest absolute Gasteiger partial charge is 0.261 e. The molecule has 0 radical (unpaired) electrons. The van der Waals surface area contributed by atoms with Gasteiger partial charge in [0.25, 0.3) is 10.0 Å². The number of benzene rings is 1. The Balaban J connectivity index is 1.62. The van der Waals surface area contributed by atoms with E-state index in [1.54, 1.807) is 17.5 Å². The third kappa shape index (κ3) is 3.14. The summed E-state index contributed by atoms with van der Waals surface area (Å²) in [6, 6.07) is 8.55. The molecular formula is C17H11FN4O2S2. The van der Waals surface area contributed by atoms with Crippen LogP contribution in [0.3, 0.4) is 0 Å². The van der Waals surface area contributed by atoms with Crippen LogP contribution in [0.4, 0.5) is 10.3 Å². The van der Waals surface area contributed by atoms with Gasteiger partial charge in [0.05, 0.1) is 6.20 Å². The second kappa shape index (κ2) is 6.43. The van der Waals surface area contributed by atoms with Gasteiger partial charge in [0.2, 0.25) is 5.95 Å². The number of hydrogen-bond acceptors (Lipinski definition) is 6. The minimum absolute atomic E-state index is 0.0617. The number of pyridine rings is 1. The number of thiophene rings is 1. The Hall–Kier alpha value is -2.91. The summed E-state index contributed by atoms with van der Waals surface area (Å²) in [5, 5.41) is 2.23. The Morgan fingerprint density at radius 2 is 1.77 bits per heavy atom. The molecule has 0 spiro atoms. The Morgan fingerprint density at radius 1 is 1.00 bits per heavy atom. The molecule has 1 N–H and O–H groups in total. The zero-order valence-corrected chi connectivity index (χ0v) is 14.8. The van der Waals surface area contributed by atoms with Gasteiger partial charge in [-0.05, 0) is 12.1 Å². The van der Waals surface area contributed by atoms with E-state index in [4.69, 9.17) is 0 Å². The SMILES string of the molecule is O=S(=O)(Nc1ncc(-c2cncc(F)c2)cn1)c1csc2ccccc12. The van der Waals surface area contributed by atoms with Crippen molar-refractivity contribution < 1.29 is 12.8 Å². The number of halogens is 1. The lowest BCUT2D eigenvalue weighted by atomic mass is 10.1. The Kier molecular flexibility index (Phi) is 4.09. The molecule has 3 heterocycles. The maximum absolute atomic E-state index is 13.2. The summed E-state index contributed by atoms with van der Waals surface area (Å²) in [5.41, 5.74) is 1.03. The molecule has 1 aromatic carbocycles. The number of nitrogens with one attached hydrogen (secondary N) is 1. The molecule has 0 aliphatic heterocycles. The van der Waals surface area contributed by atoms with Gasteiger partial charge in [-0.2, -0.15) is 0 Å². The van der Waals surface area contributed by atoms with E-state index in [9.17, 15) is 12.8 Å². The molecule has 0 saturated heterocycles. The van der Waals surface area contributed by atoms with E-state index in [1.807, 2.05) is 12.1 Å². The van der Waals surface area contributed by atoms with Crippen molar-refractivity contribution in [2.75, 3.05) is 4.72 Å². The molecule has 9 heteroatoms. The molecule has 0 amide bonds. The first-order valence-electron chi connectivity index (χ1n) is 7.45. The fourth-order valence-corrected chi connectivity index (χ4v) is 4.90. The van der Waals surface area contributed by atoms with Crippen LogP contribution < -0.4 is 4.72 Å². The van der Waals surface area contributed by atoms with Crippen LogP contribution in [0, 0.1) is 5.82 Å². The molecule has 6 nitrogen and oxygen atoms in total. The molecule has 0 saturated carbocycles. The van der Waals surface area contributed by atoms with Gasteiger partial charge in [0.1, 0.15) is 10.7 Å². The number of rotatable bonds is 4. The maximum Gasteiger partial charge on any atom is 0.265 e. The zero-order valence-electron chi connectivity index (χ0n) is 13.1. The highest BCUT2D eigenvalue weighted by Crippen LogP contribution is 2.30. The number of aromatic nitrogens is 3. The van der Waals surface area contributed by atoms with Gasteiger partial charge in [-0.25, -0.2) is 27.5 Å². The predicted molar refractivity (Wildman–Crippen MR) is 97.9 cm³/mol. The van der Waals surface area contributed by atoms with Crippen LogP contribution >= 0.6 is 11.3 Å². The Morgan fingerprint density at radius 3 is 2.54 bits per heavy atom. The third-order valence-corrected chi connectivity index (χ3v) is 6.13. The van der Waals surface area contributed by atoms with Crippen LogP contribution in [0.5, 0.6) is 0 Å². The Labute approximate surface area is 152 Å². The second-order valence-corrected chi connectivity index (χ2v) is 7.95. The average molecular weight is 386 g/mol. The van der Waals surface area contributed by atoms with Gasteiger partial charge in [0, 0.05) is 45.2 Å². The van der Waals surface area contributed by atoms with Crippen LogP contribution in [0.1, 0.15) is 0 Å². The van der Waals surface area contributed by atoms with Gasteiger partial charge in [-0.1, -0.05) is 18.2 Å². The number of fused-ring (bicyclic) bond motifs is 1. The van der Waals surface area contributed by atoms with Crippen LogP contribution in [-0.4, -0.2) is 23.4 Å². The Bertz CT molecular complexity index is 1190. The van der Waals surface area contributed by atoms with Crippen LogP contribution in [-0.2, 0) is 10.0 Å². The second-order valence-electron chi connectivity index (χ2n) is 5.39. The fraction of sp³-hybridized carbons (Fsp3) is 0. The lowest BCUT2D eigenvalue weighted by Crippen LogP contribution is -2.14. The van der Waals surface area contributed by atoms with Crippen molar-refractivity contribution in [1.29, 1.82) is 0 Å². The summed E-state index contributed by atoms with van der Waals surface area (Å²) in [5.74, 6) is -0.537. The van der Waals surface area contributed by atoms with Crippen molar-refractivity contribution in [3.8, 4) is 11.1 Å². The van der Waals surface area contributed by atoms with Gasteiger partial charge in [-0.15, -0.1) is 11.3 Å². The largest absolute Gasteiger partial charge is 0.265 e. The van der Waals surface area contributed by atoms with Gasteiger partial charge >= 0.3 is 0 Å². The van der Waals surface area contributed by atoms with Gasteiger partial charge in [0.15, 0.2) is 0 Å². The number of hydrogen-bond donors (Lipinski definition) is 1. The van der Waals surface area contributed by atoms with Crippen molar-refractivity contribution >= 4 is 37.4 Å². The van der Waals surface area contributed by atoms with E-state index in [0.717, 1.165) is 10.9 Å². The summed E-state index contributed by atoms with van der Waals surface area (Å²) < 4.78 is 41.8. The molecule has 0 atom stereocenters. The van der Waals surface area contributed by atoms with Crippen LogP contribution in [0.15, 0.2) is 65.4 Å². The minimum atomic E-state index is -3.82. The molecule has 26 heavy (non-hydrogen) atoms. The van der Waals surface area contributed by atoms with Crippen molar-refractivity contribution in [3.05, 3.63) is 66.3 Å². The highest BCUT2D eigenvalue weighted by molar-refractivity contribution is 7.93. The first-order valence-corrected chi connectivity index (χ1v) is 9.81. The van der Waals surface area contributed by atoms with Crippen molar-refractivity contribution in [1.82, 2.24) is 15.0 Å². The molecule has 0 bridgehead atoms. The minimum Gasteiger partial charge on any atom is -0.261 e. The van der Waals surface area contributed by atoms with Crippen molar-refractivity contribution in [2.24, 2.45) is 0 Å². The van der Waals surface area contributed by atoms with Crippen molar-refractivity contribution in [3.63, 3.8) is 0 Å². The fourth-order valence-electron chi connectivity index (χ4n) is 2.44. The van der Waals surface area contributed by atoms with Crippen molar-refractivity contribution in [2.45, 2.75) is 4.90 Å². The highest BCUT2D eigenvalue weighted by atomic mass is 32.2. The first-order chi connectivity index (χ1) is 12.5. The molecule has 130 valence electrons. The number of sulfonamides is 1. The van der Waals surface area contributed by atoms with E-state index in [1.165, 1.54) is 36.0 Å². The van der Waals surface area contributed by atoms with Crippen LogP contribution in [0.25, 0.3) is 21.2 Å². The maximum atomic E-state index is 13.2. The number of nitrogens with zero attached hydrogens (tertiary/aromatic N) is 3. The zero-order chi connectivity index (χ0) is 18.1. The monoisotopic (exact) mass is 386 g/mol. The molecule has 0 fully saturated rings. The quantitative estimate of drug-likeness (QED) is 0.578. The van der Waals surface area contributed by atoms with E-state index >= 15 is 0 Å². The molecular weight excluding hydrogens is 375 g/mol. The third-order valence-electron chi connectivity index (χ3n) is 3.65. The average Bonchev–Trinajstić information content (AvgIpc) is 3.07. The molecule has 4 rings (SSSR count). The summed E-state index contributed by atoms with van der Waals surface area (Å²) in [4.78, 5) is 12.0. The topological polar surface area (TPSA) is 84.8 Å². The summed E-state index contributed by atoms with van der Waals surface area (Å²) >= 11 is 1.35. The normalized spacial score (nSPS) is 11.6. The summed E-state index contributed by atoms with van der Waals surface area (Å²) in [7, 11) is -3.82. The highest BCUT2D eigenvalue weighted by Gasteiger charge is 2.20. The molecule has 3 aromatic heterocycles. The summed E-state index contributed by atoms with van der Waals surface area (Å²) in [6.07, 6.45) is 5.39. The lowest BCUT2D eigenvalue weighted by Gasteiger charge is -2.06.